The van der Waals surface area contributed by atoms with Gasteiger partial charge in [0, 0.05) is 25.0 Å². The fourth-order valence-electron chi connectivity index (χ4n) is 4.39. The molecule has 3 heteroatoms. The lowest BCUT2D eigenvalue weighted by atomic mass is 9.73. The average Bonchev–Trinajstić information content (AvgIpc) is 2.91. The highest BCUT2D eigenvalue weighted by atomic mass is 16.2. The molecule has 2 N–H and O–H groups in total. The Morgan fingerprint density at radius 2 is 1.79 bits per heavy atom. The maximum atomic E-state index is 12.6. The van der Waals surface area contributed by atoms with Crippen LogP contribution < -0.4 is 5.73 Å². The normalized spacial score (nSPS) is 38.5. The highest BCUT2D eigenvalue weighted by Gasteiger charge is 2.44. The molecule has 3 unspecified atom stereocenters. The van der Waals surface area contributed by atoms with E-state index in [0.29, 0.717) is 35.1 Å². The van der Waals surface area contributed by atoms with Crippen LogP contribution in [0.3, 0.4) is 0 Å². The molecule has 2 saturated carbocycles. The van der Waals surface area contributed by atoms with Gasteiger partial charge >= 0.3 is 0 Å². The van der Waals surface area contributed by atoms with Gasteiger partial charge in [-0.2, -0.15) is 0 Å². The predicted octanol–water partition coefficient (Wildman–Crippen LogP) is 2.40. The van der Waals surface area contributed by atoms with Crippen molar-refractivity contribution >= 4 is 5.91 Å². The van der Waals surface area contributed by atoms with E-state index >= 15 is 0 Å². The summed E-state index contributed by atoms with van der Waals surface area (Å²) < 4.78 is 0. The summed E-state index contributed by atoms with van der Waals surface area (Å²) in [6, 6.07) is 0.341. The Labute approximate surface area is 116 Å². The maximum Gasteiger partial charge on any atom is 0.225 e. The first-order valence-electron chi connectivity index (χ1n) is 8.01. The molecule has 3 nitrogen and oxygen atoms in total. The van der Waals surface area contributed by atoms with Crippen molar-refractivity contribution in [1.29, 1.82) is 0 Å². The Balaban J connectivity index is 1.57. The zero-order valence-electron chi connectivity index (χ0n) is 12.4. The Morgan fingerprint density at radius 3 is 2.42 bits per heavy atom. The zero-order chi connectivity index (χ0) is 13.6. The zero-order valence-corrected chi connectivity index (χ0v) is 12.4. The molecule has 3 aliphatic rings. The number of nitrogens with zero attached hydrogens (tertiary/aromatic N) is 1. The summed E-state index contributed by atoms with van der Waals surface area (Å²) in [5, 5.41) is 0. The van der Waals surface area contributed by atoms with Crippen molar-refractivity contribution in [3.8, 4) is 0 Å². The van der Waals surface area contributed by atoms with E-state index in [4.69, 9.17) is 5.73 Å². The number of carbonyl (C=O) groups excluding carboxylic acids is 1. The molecule has 0 aromatic rings. The van der Waals surface area contributed by atoms with Crippen LogP contribution in [0, 0.1) is 23.2 Å². The van der Waals surface area contributed by atoms with Gasteiger partial charge < -0.3 is 10.6 Å². The quantitative estimate of drug-likeness (QED) is 0.790. The molecule has 0 spiro atoms. The Hall–Kier alpha value is -0.570. The van der Waals surface area contributed by atoms with E-state index in [0.717, 1.165) is 32.4 Å². The molecule has 1 amide bonds. The molecule has 0 bridgehead atoms. The fraction of sp³-hybridized carbons (Fsp3) is 0.938. The Kier molecular flexibility index (Phi) is 3.36. The smallest absolute Gasteiger partial charge is 0.225 e. The van der Waals surface area contributed by atoms with Gasteiger partial charge in [-0.3, -0.25) is 4.79 Å². The van der Waals surface area contributed by atoms with E-state index < -0.39 is 0 Å². The monoisotopic (exact) mass is 264 g/mol. The molecule has 3 fully saturated rings. The Bertz CT molecular complexity index is 356. The minimum Gasteiger partial charge on any atom is -0.342 e. The predicted molar refractivity (Wildman–Crippen MR) is 76.5 cm³/mol. The number of nitrogens with two attached hydrogens (primary N) is 1. The molecular weight excluding hydrogens is 236 g/mol. The number of carbonyl (C=O) groups is 1. The van der Waals surface area contributed by atoms with Crippen molar-refractivity contribution in [2.45, 2.75) is 58.4 Å². The number of amides is 1. The van der Waals surface area contributed by atoms with Crippen LogP contribution in [0.4, 0.5) is 0 Å². The lowest BCUT2D eigenvalue weighted by Gasteiger charge is -2.35. The second-order valence-electron chi connectivity index (χ2n) is 7.85. The molecule has 1 heterocycles. The van der Waals surface area contributed by atoms with Crippen molar-refractivity contribution in [3.05, 3.63) is 0 Å². The molecular formula is C16H28N2O. The van der Waals surface area contributed by atoms with Gasteiger partial charge in [0.1, 0.15) is 0 Å². The standard InChI is InChI=1S/C16H28N2O/c1-16(2)7-5-11(6-8-16)15(19)18-9-12-3-4-14(17)13(12)10-18/h11-14H,3-10,17H2,1-2H3. The topological polar surface area (TPSA) is 46.3 Å². The van der Waals surface area contributed by atoms with Crippen molar-refractivity contribution in [2.75, 3.05) is 13.1 Å². The van der Waals surface area contributed by atoms with Crippen LogP contribution in [0.5, 0.6) is 0 Å². The molecule has 19 heavy (non-hydrogen) atoms. The number of hydrogen-bond donors (Lipinski definition) is 1. The summed E-state index contributed by atoms with van der Waals surface area (Å²) in [5.41, 5.74) is 6.60. The van der Waals surface area contributed by atoms with Gasteiger partial charge in [-0.15, -0.1) is 0 Å². The van der Waals surface area contributed by atoms with Crippen molar-refractivity contribution in [1.82, 2.24) is 4.90 Å². The van der Waals surface area contributed by atoms with Crippen LogP contribution >= 0.6 is 0 Å². The largest absolute Gasteiger partial charge is 0.342 e. The van der Waals surface area contributed by atoms with E-state index in [2.05, 4.69) is 18.7 Å². The van der Waals surface area contributed by atoms with Crippen LogP contribution in [0.1, 0.15) is 52.4 Å². The molecule has 1 saturated heterocycles. The van der Waals surface area contributed by atoms with E-state index in [1.165, 1.54) is 19.3 Å². The molecule has 108 valence electrons. The van der Waals surface area contributed by atoms with Crippen LogP contribution in [-0.4, -0.2) is 29.9 Å². The van der Waals surface area contributed by atoms with Gasteiger partial charge in [0.25, 0.3) is 0 Å². The third-order valence-corrected chi connectivity index (χ3v) is 5.91. The third-order valence-electron chi connectivity index (χ3n) is 5.91. The molecule has 0 aromatic heterocycles. The van der Waals surface area contributed by atoms with Crippen LogP contribution in [-0.2, 0) is 4.79 Å². The maximum absolute atomic E-state index is 12.6. The Morgan fingerprint density at radius 1 is 1.11 bits per heavy atom. The van der Waals surface area contributed by atoms with Crippen LogP contribution in [0.15, 0.2) is 0 Å². The van der Waals surface area contributed by atoms with Gasteiger partial charge in [0.2, 0.25) is 5.91 Å². The van der Waals surface area contributed by atoms with Crippen LogP contribution in [0.25, 0.3) is 0 Å². The average molecular weight is 264 g/mol. The fourth-order valence-corrected chi connectivity index (χ4v) is 4.39. The summed E-state index contributed by atoms with van der Waals surface area (Å²) >= 11 is 0. The highest BCUT2D eigenvalue weighted by molar-refractivity contribution is 5.79. The molecule has 3 atom stereocenters. The minimum absolute atomic E-state index is 0.295. The molecule has 0 radical (unpaired) electrons. The molecule has 2 aliphatic carbocycles. The summed E-state index contributed by atoms with van der Waals surface area (Å²) in [6.07, 6.45) is 6.96. The van der Waals surface area contributed by atoms with E-state index in [1.807, 2.05) is 0 Å². The van der Waals surface area contributed by atoms with Crippen molar-refractivity contribution in [3.63, 3.8) is 0 Å². The van der Waals surface area contributed by atoms with Gasteiger partial charge in [0.05, 0.1) is 0 Å². The third kappa shape index (κ3) is 2.54. The summed E-state index contributed by atoms with van der Waals surface area (Å²) in [7, 11) is 0. The first-order chi connectivity index (χ1) is 8.96. The molecule has 3 rings (SSSR count). The van der Waals surface area contributed by atoms with Gasteiger partial charge in [0.15, 0.2) is 0 Å². The molecule has 1 aliphatic heterocycles. The van der Waals surface area contributed by atoms with Crippen LogP contribution in [0.2, 0.25) is 0 Å². The summed E-state index contributed by atoms with van der Waals surface area (Å²) in [4.78, 5) is 14.8. The SMILES string of the molecule is CC1(C)CCC(C(=O)N2CC3CCC(N)C3C2)CC1. The number of rotatable bonds is 1. The summed E-state index contributed by atoms with van der Waals surface area (Å²) in [6.45, 7) is 6.57. The van der Waals surface area contributed by atoms with E-state index in [-0.39, 0.29) is 0 Å². The van der Waals surface area contributed by atoms with Gasteiger partial charge in [-0.25, -0.2) is 0 Å². The number of likely N-dealkylation sites (tertiary alicyclic amines) is 1. The highest BCUT2D eigenvalue weighted by Crippen LogP contribution is 2.41. The lowest BCUT2D eigenvalue weighted by molar-refractivity contribution is -0.136. The summed E-state index contributed by atoms with van der Waals surface area (Å²) in [5.74, 6) is 2.00. The first-order valence-corrected chi connectivity index (χ1v) is 8.01. The van der Waals surface area contributed by atoms with Crippen molar-refractivity contribution < 1.29 is 4.79 Å². The van der Waals surface area contributed by atoms with E-state index in [9.17, 15) is 4.79 Å². The second-order valence-corrected chi connectivity index (χ2v) is 7.85. The van der Waals surface area contributed by atoms with Gasteiger partial charge in [-0.1, -0.05) is 13.8 Å². The first kappa shape index (κ1) is 13.4. The number of fused-ring (bicyclic) bond motifs is 1. The van der Waals surface area contributed by atoms with Gasteiger partial charge in [-0.05, 0) is 55.8 Å². The lowest BCUT2D eigenvalue weighted by Crippen LogP contribution is -2.39. The number of hydrogen-bond acceptors (Lipinski definition) is 2. The molecule has 0 aromatic carbocycles. The second kappa shape index (κ2) is 4.76. The minimum atomic E-state index is 0.295. The van der Waals surface area contributed by atoms with E-state index in [1.54, 1.807) is 0 Å². The van der Waals surface area contributed by atoms with Crippen molar-refractivity contribution in [2.24, 2.45) is 28.9 Å².